The van der Waals surface area contributed by atoms with Crippen molar-refractivity contribution in [1.82, 2.24) is 25.1 Å². The van der Waals surface area contributed by atoms with Crippen molar-refractivity contribution in [2.75, 3.05) is 43.0 Å². The van der Waals surface area contributed by atoms with Gasteiger partial charge in [0.1, 0.15) is 0 Å². The molecule has 3 heterocycles. The van der Waals surface area contributed by atoms with Gasteiger partial charge in [0, 0.05) is 43.5 Å². The van der Waals surface area contributed by atoms with E-state index in [4.69, 9.17) is 14.7 Å². The van der Waals surface area contributed by atoms with Crippen molar-refractivity contribution in [3.8, 4) is 11.3 Å². The van der Waals surface area contributed by atoms with Gasteiger partial charge in [-0.3, -0.25) is 4.79 Å². The Morgan fingerprint density at radius 3 is 2.49 bits per heavy atom. The molecular weight excluding hydrogens is 446 g/mol. The highest BCUT2D eigenvalue weighted by Gasteiger charge is 2.25. The number of hydrogen-bond acceptors (Lipinski definition) is 8. The number of piperazine rings is 1. The summed E-state index contributed by atoms with van der Waals surface area (Å²) in [6, 6.07) is 18.6. The Labute approximate surface area is 201 Å². The second-order valence-electron chi connectivity index (χ2n) is 8.07. The van der Waals surface area contributed by atoms with Gasteiger partial charge in [-0.2, -0.15) is 5.10 Å². The molecule has 1 fully saturated rings. The normalized spacial score (nSPS) is 13.6. The summed E-state index contributed by atoms with van der Waals surface area (Å²) < 4.78 is 5.14. The quantitative estimate of drug-likeness (QED) is 0.455. The van der Waals surface area contributed by atoms with Crippen LogP contribution in [0.25, 0.3) is 22.3 Å². The minimum absolute atomic E-state index is 0.248. The average molecular weight is 472 g/mol. The van der Waals surface area contributed by atoms with Gasteiger partial charge in [-0.1, -0.05) is 24.3 Å². The van der Waals surface area contributed by atoms with Crippen LogP contribution in [0.5, 0.6) is 0 Å². The Kier molecular flexibility index (Phi) is 6.25. The molecule has 10 heteroatoms. The van der Waals surface area contributed by atoms with E-state index in [2.05, 4.69) is 20.4 Å². The van der Waals surface area contributed by atoms with Gasteiger partial charge in [-0.05, 0) is 37.3 Å². The van der Waals surface area contributed by atoms with Crippen LogP contribution < -0.4 is 15.8 Å². The maximum atomic E-state index is 12.1. The van der Waals surface area contributed by atoms with Crippen molar-refractivity contribution < 1.29 is 9.53 Å². The predicted octanol–water partition coefficient (Wildman–Crippen LogP) is 3.40. The van der Waals surface area contributed by atoms with Crippen LogP contribution in [-0.2, 0) is 4.74 Å². The molecule has 10 nitrogen and oxygen atoms in total. The van der Waals surface area contributed by atoms with Crippen LogP contribution in [0.2, 0.25) is 0 Å². The first kappa shape index (κ1) is 22.3. The van der Waals surface area contributed by atoms with Crippen LogP contribution in [0.15, 0.2) is 65.5 Å². The molecule has 1 amide bonds. The van der Waals surface area contributed by atoms with Crippen LogP contribution in [-0.4, -0.2) is 63.9 Å². The van der Waals surface area contributed by atoms with Crippen LogP contribution in [0.3, 0.4) is 0 Å². The Hall–Kier alpha value is -4.47. The molecule has 0 aliphatic carbocycles. The van der Waals surface area contributed by atoms with Crippen LogP contribution in [0, 0.1) is 0 Å². The van der Waals surface area contributed by atoms with E-state index >= 15 is 0 Å². The molecule has 35 heavy (non-hydrogen) atoms. The van der Waals surface area contributed by atoms with Crippen molar-refractivity contribution in [2.24, 2.45) is 0 Å². The number of nitrogens with zero attached hydrogens (tertiary/aromatic N) is 5. The van der Waals surface area contributed by atoms with Gasteiger partial charge in [0.2, 0.25) is 0 Å². The van der Waals surface area contributed by atoms with Crippen molar-refractivity contribution in [1.29, 1.82) is 0 Å². The number of anilines is 3. The zero-order valence-electron chi connectivity index (χ0n) is 19.3. The summed E-state index contributed by atoms with van der Waals surface area (Å²) in [6.07, 6.45) is -0.289. The molecule has 1 saturated heterocycles. The molecule has 1 aliphatic rings. The summed E-state index contributed by atoms with van der Waals surface area (Å²) in [4.78, 5) is 37.1. The largest absolute Gasteiger partial charge is 0.450 e. The fourth-order valence-electron chi connectivity index (χ4n) is 4.01. The molecular formula is C25H25N7O3. The van der Waals surface area contributed by atoms with Gasteiger partial charge in [0.25, 0.3) is 5.56 Å². The number of fused-ring (bicyclic) bond motifs is 1. The standard InChI is InChI=1S/C25H25N7O3/c1-2-35-25(34)32-14-12-31(13-15-32)24-23(27-20-8-3-4-9-21(20)28-24)26-18-7-5-6-17(16-18)19-10-11-22(33)30-29-19/h3-11,16H,2,12-15H2,1H3,(H,26,27)(H,30,33). The average Bonchev–Trinajstić information content (AvgIpc) is 2.89. The summed E-state index contributed by atoms with van der Waals surface area (Å²) in [5.74, 6) is 1.35. The minimum Gasteiger partial charge on any atom is -0.450 e. The maximum Gasteiger partial charge on any atom is 0.409 e. The summed E-state index contributed by atoms with van der Waals surface area (Å²) in [5.41, 5.74) is 3.65. The Morgan fingerprint density at radius 1 is 1.00 bits per heavy atom. The number of carbonyl (C=O) groups excluding carboxylic acids is 1. The van der Waals surface area contributed by atoms with Gasteiger partial charge < -0.3 is 19.9 Å². The zero-order valence-corrected chi connectivity index (χ0v) is 19.3. The fourth-order valence-corrected chi connectivity index (χ4v) is 4.01. The molecule has 0 bridgehead atoms. The van der Waals surface area contributed by atoms with Gasteiger partial charge in [-0.25, -0.2) is 19.9 Å². The number of rotatable bonds is 5. The minimum atomic E-state index is -0.289. The van der Waals surface area contributed by atoms with E-state index in [-0.39, 0.29) is 11.7 Å². The molecule has 0 spiro atoms. The molecule has 5 rings (SSSR count). The third kappa shape index (κ3) is 4.91. The van der Waals surface area contributed by atoms with E-state index in [1.165, 1.54) is 6.07 Å². The first-order valence-corrected chi connectivity index (χ1v) is 11.5. The van der Waals surface area contributed by atoms with Crippen molar-refractivity contribution >= 4 is 34.4 Å². The summed E-state index contributed by atoms with van der Waals surface area (Å²) in [5, 5.41) is 10.0. The van der Waals surface area contributed by atoms with E-state index < -0.39 is 0 Å². The van der Waals surface area contributed by atoms with Crippen LogP contribution in [0.1, 0.15) is 6.92 Å². The lowest BCUT2D eigenvalue weighted by molar-refractivity contribution is 0.105. The lowest BCUT2D eigenvalue weighted by Crippen LogP contribution is -2.49. The van der Waals surface area contributed by atoms with Gasteiger partial charge >= 0.3 is 6.09 Å². The third-order valence-electron chi connectivity index (χ3n) is 5.76. The SMILES string of the molecule is CCOC(=O)N1CCN(c2nc3ccccc3nc2Nc2cccc(-c3ccc(=O)[nH]n3)c2)CC1. The maximum absolute atomic E-state index is 12.1. The van der Waals surface area contributed by atoms with Crippen molar-refractivity contribution in [2.45, 2.75) is 6.92 Å². The Balaban J connectivity index is 1.45. The highest BCUT2D eigenvalue weighted by Crippen LogP contribution is 2.30. The number of carbonyl (C=O) groups is 1. The molecule has 2 N–H and O–H groups in total. The number of benzene rings is 2. The van der Waals surface area contributed by atoms with Crippen molar-refractivity contribution in [3.63, 3.8) is 0 Å². The third-order valence-corrected chi connectivity index (χ3v) is 5.76. The molecule has 4 aromatic rings. The van der Waals surface area contributed by atoms with E-state index in [9.17, 15) is 9.59 Å². The predicted molar refractivity (Wildman–Crippen MR) is 134 cm³/mol. The number of para-hydroxylation sites is 2. The van der Waals surface area contributed by atoms with E-state index in [0.717, 1.165) is 28.1 Å². The van der Waals surface area contributed by atoms with Crippen LogP contribution >= 0.6 is 0 Å². The summed E-state index contributed by atoms with van der Waals surface area (Å²) in [6.45, 7) is 4.47. The zero-order chi connectivity index (χ0) is 24.2. The molecule has 0 atom stereocenters. The van der Waals surface area contributed by atoms with Gasteiger partial charge in [0.05, 0.1) is 23.3 Å². The topological polar surface area (TPSA) is 116 Å². The second kappa shape index (κ2) is 9.80. The molecule has 0 saturated carbocycles. The lowest BCUT2D eigenvalue weighted by Gasteiger charge is -2.35. The smallest absolute Gasteiger partial charge is 0.409 e. The number of ether oxygens (including phenoxy) is 1. The number of amides is 1. The summed E-state index contributed by atoms with van der Waals surface area (Å²) in [7, 11) is 0. The number of H-pyrrole nitrogens is 1. The van der Waals surface area contributed by atoms with Gasteiger partial charge in [-0.15, -0.1) is 0 Å². The Bertz CT molecular complexity index is 1390. The molecule has 2 aromatic carbocycles. The number of hydrogen-bond donors (Lipinski definition) is 2. The first-order chi connectivity index (χ1) is 17.1. The number of aromatic nitrogens is 4. The second-order valence-corrected chi connectivity index (χ2v) is 8.07. The van der Waals surface area contributed by atoms with E-state index in [0.29, 0.717) is 44.3 Å². The lowest BCUT2D eigenvalue weighted by atomic mass is 10.1. The van der Waals surface area contributed by atoms with E-state index in [1.54, 1.807) is 17.9 Å². The Morgan fingerprint density at radius 2 is 1.77 bits per heavy atom. The fraction of sp³-hybridized carbons (Fsp3) is 0.240. The summed E-state index contributed by atoms with van der Waals surface area (Å²) >= 11 is 0. The molecule has 0 radical (unpaired) electrons. The van der Waals surface area contributed by atoms with Crippen molar-refractivity contribution in [3.05, 3.63) is 71.0 Å². The van der Waals surface area contributed by atoms with Gasteiger partial charge in [0.15, 0.2) is 11.6 Å². The number of aromatic amines is 1. The van der Waals surface area contributed by atoms with E-state index in [1.807, 2.05) is 48.5 Å². The molecule has 0 unspecified atom stereocenters. The molecule has 2 aromatic heterocycles. The number of nitrogens with one attached hydrogen (secondary N) is 2. The van der Waals surface area contributed by atoms with Crippen LogP contribution in [0.4, 0.5) is 22.1 Å². The first-order valence-electron chi connectivity index (χ1n) is 11.5. The monoisotopic (exact) mass is 471 g/mol. The highest BCUT2D eigenvalue weighted by atomic mass is 16.6. The molecule has 178 valence electrons. The highest BCUT2D eigenvalue weighted by molar-refractivity contribution is 5.83. The molecule has 1 aliphatic heterocycles.